The summed E-state index contributed by atoms with van der Waals surface area (Å²) in [5, 5.41) is 0.733. The molecular weight excluding hydrogens is 302 g/mol. The van der Waals surface area contributed by atoms with E-state index < -0.39 is 0 Å². The summed E-state index contributed by atoms with van der Waals surface area (Å²) in [5.74, 6) is -0.0786. The Kier molecular flexibility index (Phi) is 4.36. The van der Waals surface area contributed by atoms with Crippen LogP contribution < -0.4 is 4.90 Å². The number of rotatable bonds is 3. The number of carbonyl (C=O) groups is 2. The molecule has 1 aromatic rings. The Morgan fingerprint density at radius 1 is 1.09 bits per heavy atom. The molecule has 0 aliphatic carbocycles. The summed E-state index contributed by atoms with van der Waals surface area (Å²) in [7, 11) is 0. The summed E-state index contributed by atoms with van der Waals surface area (Å²) in [6.45, 7) is 5.61. The molecule has 0 spiro atoms. The number of nitrogens with zero attached hydrogens (tertiary/aromatic N) is 3. The van der Waals surface area contributed by atoms with Gasteiger partial charge in [0.05, 0.1) is 12.5 Å². The van der Waals surface area contributed by atoms with Crippen LogP contribution in [0.3, 0.4) is 0 Å². The van der Waals surface area contributed by atoms with Crippen LogP contribution in [0.2, 0.25) is 5.02 Å². The lowest BCUT2D eigenvalue weighted by atomic mass is 10.1. The molecule has 0 saturated carbocycles. The monoisotopic (exact) mass is 321 g/mol. The fraction of sp³-hybridized carbons (Fsp3) is 0.500. The SMILES string of the molecule is CCN1C(=O)C[C@@H](N2CCN(c3ccc(Cl)cc3)CC2)C1=O. The number of halogens is 1. The number of benzene rings is 1. The zero-order chi connectivity index (χ0) is 15.7. The van der Waals surface area contributed by atoms with E-state index >= 15 is 0 Å². The number of likely N-dealkylation sites (tertiary alicyclic amines) is 1. The number of hydrogen-bond donors (Lipinski definition) is 0. The van der Waals surface area contributed by atoms with Gasteiger partial charge in [0.1, 0.15) is 0 Å². The van der Waals surface area contributed by atoms with Crippen LogP contribution in [0.25, 0.3) is 0 Å². The number of carbonyl (C=O) groups excluding carboxylic acids is 2. The highest BCUT2D eigenvalue weighted by Gasteiger charge is 2.41. The van der Waals surface area contributed by atoms with Gasteiger partial charge >= 0.3 is 0 Å². The van der Waals surface area contributed by atoms with Crippen LogP contribution in [0.5, 0.6) is 0 Å². The van der Waals surface area contributed by atoms with Crippen LogP contribution in [0.4, 0.5) is 5.69 Å². The molecule has 5 nitrogen and oxygen atoms in total. The molecule has 22 heavy (non-hydrogen) atoms. The Balaban J connectivity index is 1.61. The first-order valence-electron chi connectivity index (χ1n) is 7.69. The highest BCUT2D eigenvalue weighted by Crippen LogP contribution is 2.23. The standard InChI is InChI=1S/C16H20ClN3O2/c1-2-20-15(21)11-14(16(20)22)19-9-7-18(8-10-19)13-5-3-12(17)4-6-13/h3-6,14H,2,7-11H2,1H3/t14-/m1/s1. The lowest BCUT2D eigenvalue weighted by Crippen LogP contribution is -2.52. The predicted octanol–water partition coefficient (Wildman–Crippen LogP) is 1.61. The molecule has 0 radical (unpaired) electrons. The third-order valence-corrected chi connectivity index (χ3v) is 4.74. The molecular formula is C16H20ClN3O2. The molecule has 0 N–H and O–H groups in total. The number of anilines is 1. The minimum atomic E-state index is -0.264. The molecule has 3 rings (SSSR count). The number of piperazine rings is 1. The first-order chi connectivity index (χ1) is 10.6. The summed E-state index contributed by atoms with van der Waals surface area (Å²) >= 11 is 5.92. The Bertz CT molecular complexity index is 567. The molecule has 2 aliphatic heterocycles. The highest BCUT2D eigenvalue weighted by atomic mass is 35.5. The van der Waals surface area contributed by atoms with Crippen molar-refractivity contribution in [2.75, 3.05) is 37.6 Å². The van der Waals surface area contributed by atoms with Gasteiger partial charge in [-0.2, -0.15) is 0 Å². The minimum absolute atomic E-state index is 0.0348. The molecule has 1 atom stereocenters. The van der Waals surface area contributed by atoms with Gasteiger partial charge in [0, 0.05) is 43.4 Å². The molecule has 6 heteroatoms. The van der Waals surface area contributed by atoms with Crippen molar-refractivity contribution in [1.82, 2.24) is 9.80 Å². The van der Waals surface area contributed by atoms with Gasteiger partial charge in [-0.1, -0.05) is 11.6 Å². The van der Waals surface area contributed by atoms with Crippen LogP contribution in [0.15, 0.2) is 24.3 Å². The topological polar surface area (TPSA) is 43.9 Å². The van der Waals surface area contributed by atoms with E-state index in [-0.39, 0.29) is 17.9 Å². The highest BCUT2D eigenvalue weighted by molar-refractivity contribution is 6.30. The van der Waals surface area contributed by atoms with E-state index in [0.29, 0.717) is 13.0 Å². The van der Waals surface area contributed by atoms with Crippen molar-refractivity contribution in [2.45, 2.75) is 19.4 Å². The lowest BCUT2D eigenvalue weighted by molar-refractivity contribution is -0.139. The Hall–Kier alpha value is -1.59. The zero-order valence-corrected chi connectivity index (χ0v) is 13.4. The van der Waals surface area contributed by atoms with Crippen molar-refractivity contribution in [1.29, 1.82) is 0 Å². The Labute approximate surface area is 135 Å². The van der Waals surface area contributed by atoms with E-state index in [1.807, 2.05) is 31.2 Å². The summed E-state index contributed by atoms with van der Waals surface area (Å²) in [6, 6.07) is 7.55. The molecule has 0 bridgehead atoms. The number of amides is 2. The molecule has 1 aromatic carbocycles. The lowest BCUT2D eigenvalue weighted by Gasteiger charge is -2.38. The van der Waals surface area contributed by atoms with Gasteiger partial charge in [-0.25, -0.2) is 0 Å². The zero-order valence-electron chi connectivity index (χ0n) is 12.7. The average molecular weight is 322 g/mol. The maximum atomic E-state index is 12.3. The van der Waals surface area contributed by atoms with Gasteiger partial charge in [0.2, 0.25) is 11.8 Å². The predicted molar refractivity (Wildman–Crippen MR) is 86.0 cm³/mol. The summed E-state index contributed by atoms with van der Waals surface area (Å²) in [6.07, 6.45) is 0.327. The molecule has 118 valence electrons. The van der Waals surface area contributed by atoms with Crippen LogP contribution in [0.1, 0.15) is 13.3 Å². The molecule has 0 aromatic heterocycles. The van der Waals surface area contributed by atoms with Gasteiger partial charge < -0.3 is 4.90 Å². The van der Waals surface area contributed by atoms with Crippen molar-refractivity contribution < 1.29 is 9.59 Å². The van der Waals surface area contributed by atoms with Crippen LogP contribution in [0, 0.1) is 0 Å². The Morgan fingerprint density at radius 2 is 1.73 bits per heavy atom. The molecule has 2 amide bonds. The quantitative estimate of drug-likeness (QED) is 0.793. The fourth-order valence-electron chi connectivity index (χ4n) is 3.23. The summed E-state index contributed by atoms with van der Waals surface area (Å²) in [4.78, 5) is 29.9. The second kappa shape index (κ2) is 6.26. The third kappa shape index (κ3) is 2.83. The van der Waals surface area contributed by atoms with E-state index in [1.165, 1.54) is 4.90 Å². The van der Waals surface area contributed by atoms with E-state index in [2.05, 4.69) is 9.80 Å². The molecule has 2 heterocycles. The van der Waals surface area contributed by atoms with Crippen LogP contribution in [-0.4, -0.2) is 60.4 Å². The van der Waals surface area contributed by atoms with Gasteiger partial charge in [0.25, 0.3) is 0 Å². The van der Waals surface area contributed by atoms with Crippen molar-refractivity contribution in [3.63, 3.8) is 0 Å². The van der Waals surface area contributed by atoms with Gasteiger partial charge in [0.15, 0.2) is 0 Å². The van der Waals surface area contributed by atoms with Gasteiger partial charge in [-0.15, -0.1) is 0 Å². The summed E-state index contributed by atoms with van der Waals surface area (Å²) in [5.41, 5.74) is 1.15. The molecule has 2 aliphatic rings. The largest absolute Gasteiger partial charge is 0.369 e. The fourth-order valence-corrected chi connectivity index (χ4v) is 3.35. The van der Waals surface area contributed by atoms with Crippen molar-refractivity contribution >= 4 is 29.1 Å². The molecule has 2 saturated heterocycles. The van der Waals surface area contributed by atoms with Crippen LogP contribution >= 0.6 is 11.6 Å². The van der Waals surface area contributed by atoms with E-state index in [1.54, 1.807) is 0 Å². The summed E-state index contributed by atoms with van der Waals surface area (Å²) < 4.78 is 0. The molecule has 0 unspecified atom stereocenters. The number of likely N-dealkylation sites (N-methyl/N-ethyl adjacent to an activating group) is 1. The van der Waals surface area contributed by atoms with Crippen molar-refractivity contribution in [3.8, 4) is 0 Å². The van der Waals surface area contributed by atoms with Gasteiger partial charge in [-0.05, 0) is 31.2 Å². The first kappa shape index (κ1) is 15.3. The third-order valence-electron chi connectivity index (χ3n) is 4.48. The second-order valence-electron chi connectivity index (χ2n) is 5.70. The normalized spacial score (nSPS) is 23.5. The van der Waals surface area contributed by atoms with E-state index in [9.17, 15) is 9.59 Å². The van der Waals surface area contributed by atoms with Crippen LogP contribution in [-0.2, 0) is 9.59 Å². The van der Waals surface area contributed by atoms with Gasteiger partial charge in [-0.3, -0.25) is 19.4 Å². The van der Waals surface area contributed by atoms with E-state index in [4.69, 9.17) is 11.6 Å². The Morgan fingerprint density at radius 3 is 2.27 bits per heavy atom. The van der Waals surface area contributed by atoms with Crippen molar-refractivity contribution in [3.05, 3.63) is 29.3 Å². The smallest absolute Gasteiger partial charge is 0.247 e. The second-order valence-corrected chi connectivity index (χ2v) is 6.13. The minimum Gasteiger partial charge on any atom is -0.369 e. The first-order valence-corrected chi connectivity index (χ1v) is 8.06. The average Bonchev–Trinajstić information content (AvgIpc) is 2.82. The van der Waals surface area contributed by atoms with Crippen molar-refractivity contribution in [2.24, 2.45) is 0 Å². The van der Waals surface area contributed by atoms with E-state index in [0.717, 1.165) is 36.9 Å². The maximum absolute atomic E-state index is 12.3. The number of imide groups is 1. The maximum Gasteiger partial charge on any atom is 0.247 e. The number of hydrogen-bond acceptors (Lipinski definition) is 4. The molecule has 2 fully saturated rings.